The Morgan fingerprint density at radius 1 is 0.889 bits per heavy atom. The van der Waals surface area contributed by atoms with Crippen molar-refractivity contribution in [2.24, 2.45) is 11.5 Å². The molecule has 1 atom stereocenters. The smallest absolute Gasteiger partial charge is 0.373 e. The summed E-state index contributed by atoms with van der Waals surface area (Å²) in [7, 11) is -2.71. The fourth-order valence-electron chi connectivity index (χ4n) is 1.91. The number of hydrogen-bond acceptors (Lipinski definition) is 5. The second-order valence-electron chi connectivity index (χ2n) is 4.15. The first kappa shape index (κ1) is 18.0. The van der Waals surface area contributed by atoms with Crippen LogP contribution in [0.2, 0.25) is 0 Å². The maximum absolute atomic E-state index is 6.25. The standard InChI is InChI=1S/C12H30N2O3Si/c1-4-15-18(16-5-2,17-6-3)12(14)10-8-7-9-11-13/h12H,4-11,13-14H2,1-3H3. The van der Waals surface area contributed by atoms with Gasteiger partial charge in [0.1, 0.15) is 0 Å². The minimum atomic E-state index is -2.71. The molecule has 18 heavy (non-hydrogen) atoms. The van der Waals surface area contributed by atoms with Crippen molar-refractivity contribution >= 4 is 8.80 Å². The van der Waals surface area contributed by atoms with E-state index in [2.05, 4.69) is 0 Å². The van der Waals surface area contributed by atoms with Gasteiger partial charge in [-0.2, -0.15) is 0 Å². The molecule has 0 heterocycles. The normalized spacial score (nSPS) is 13.8. The molecule has 0 amide bonds. The van der Waals surface area contributed by atoms with E-state index in [0.29, 0.717) is 19.8 Å². The molecule has 6 heteroatoms. The van der Waals surface area contributed by atoms with Crippen LogP contribution in [0, 0.1) is 0 Å². The van der Waals surface area contributed by atoms with Gasteiger partial charge in [-0.3, -0.25) is 0 Å². The van der Waals surface area contributed by atoms with Crippen LogP contribution in [0.4, 0.5) is 0 Å². The molecule has 0 saturated heterocycles. The highest BCUT2D eigenvalue weighted by atomic mass is 28.4. The first-order valence-electron chi connectivity index (χ1n) is 7.04. The predicted molar refractivity (Wildman–Crippen MR) is 76.1 cm³/mol. The van der Waals surface area contributed by atoms with E-state index >= 15 is 0 Å². The van der Waals surface area contributed by atoms with E-state index in [-0.39, 0.29) is 5.67 Å². The first-order valence-corrected chi connectivity index (χ1v) is 8.84. The van der Waals surface area contributed by atoms with Crippen LogP contribution in [-0.2, 0) is 13.3 Å². The predicted octanol–water partition coefficient (Wildman–Crippen LogP) is 1.42. The highest BCUT2D eigenvalue weighted by molar-refractivity contribution is 6.62. The molecule has 0 aromatic heterocycles. The molecule has 0 rings (SSSR count). The van der Waals surface area contributed by atoms with E-state index < -0.39 is 8.80 Å². The second kappa shape index (κ2) is 10.9. The third-order valence-electron chi connectivity index (χ3n) is 2.71. The van der Waals surface area contributed by atoms with Gasteiger partial charge in [0.25, 0.3) is 0 Å². The monoisotopic (exact) mass is 278 g/mol. The summed E-state index contributed by atoms with van der Waals surface area (Å²) < 4.78 is 17.3. The molecule has 0 fully saturated rings. The lowest BCUT2D eigenvalue weighted by molar-refractivity contribution is 0.0610. The average molecular weight is 278 g/mol. The van der Waals surface area contributed by atoms with Gasteiger partial charge in [0.05, 0.1) is 5.67 Å². The molecular formula is C12H30N2O3Si. The zero-order chi connectivity index (χ0) is 13.9. The molecule has 0 radical (unpaired) electrons. The van der Waals surface area contributed by atoms with E-state index in [1.807, 2.05) is 20.8 Å². The van der Waals surface area contributed by atoms with Gasteiger partial charge in [-0.05, 0) is 40.2 Å². The third-order valence-corrected chi connectivity index (χ3v) is 5.98. The van der Waals surface area contributed by atoms with Crippen molar-refractivity contribution in [3.63, 3.8) is 0 Å². The van der Waals surface area contributed by atoms with Gasteiger partial charge in [0.2, 0.25) is 0 Å². The molecule has 0 aliphatic heterocycles. The topological polar surface area (TPSA) is 79.7 Å². The second-order valence-corrected chi connectivity index (χ2v) is 6.96. The summed E-state index contributed by atoms with van der Waals surface area (Å²) in [6.07, 6.45) is 4.05. The third kappa shape index (κ3) is 6.26. The Labute approximate surface area is 113 Å². The lowest BCUT2D eigenvalue weighted by atomic mass is 10.2. The molecule has 0 aromatic rings. The molecule has 0 aliphatic carbocycles. The van der Waals surface area contributed by atoms with E-state index in [1.165, 1.54) is 0 Å². The Hall–Kier alpha value is 0.0169. The minimum Gasteiger partial charge on any atom is -0.373 e. The van der Waals surface area contributed by atoms with Crippen LogP contribution in [-0.4, -0.2) is 40.8 Å². The van der Waals surface area contributed by atoms with E-state index in [1.54, 1.807) is 0 Å². The van der Waals surface area contributed by atoms with Crippen molar-refractivity contribution in [1.29, 1.82) is 0 Å². The maximum atomic E-state index is 6.25. The SMILES string of the molecule is CCO[Si](OCC)(OCC)C(N)CCCCCN. The largest absolute Gasteiger partial charge is 0.518 e. The molecule has 1 unspecified atom stereocenters. The van der Waals surface area contributed by atoms with Crippen molar-refractivity contribution in [2.45, 2.75) is 52.1 Å². The molecule has 0 spiro atoms. The van der Waals surface area contributed by atoms with Crippen molar-refractivity contribution in [1.82, 2.24) is 0 Å². The molecule has 0 aromatic carbocycles. The van der Waals surface area contributed by atoms with Crippen LogP contribution in [0.3, 0.4) is 0 Å². The van der Waals surface area contributed by atoms with E-state index in [0.717, 1.165) is 32.2 Å². The fourth-order valence-corrected chi connectivity index (χ4v) is 4.57. The minimum absolute atomic E-state index is 0.143. The summed E-state index contributed by atoms with van der Waals surface area (Å²) in [5.41, 5.74) is 11.6. The summed E-state index contributed by atoms with van der Waals surface area (Å²) in [6, 6.07) is 0. The Morgan fingerprint density at radius 2 is 1.39 bits per heavy atom. The van der Waals surface area contributed by atoms with Crippen LogP contribution >= 0.6 is 0 Å². The number of rotatable bonds is 12. The molecule has 110 valence electrons. The zero-order valence-electron chi connectivity index (χ0n) is 12.1. The molecule has 0 aliphatic rings. The number of hydrogen-bond donors (Lipinski definition) is 2. The zero-order valence-corrected chi connectivity index (χ0v) is 13.1. The molecule has 0 bridgehead atoms. The van der Waals surface area contributed by atoms with E-state index in [4.69, 9.17) is 24.7 Å². The van der Waals surface area contributed by atoms with Crippen LogP contribution in [0.5, 0.6) is 0 Å². The Kier molecular flexibility index (Phi) is 10.9. The first-order chi connectivity index (χ1) is 8.66. The van der Waals surface area contributed by atoms with Crippen LogP contribution in [0.1, 0.15) is 46.5 Å². The van der Waals surface area contributed by atoms with Crippen molar-refractivity contribution < 1.29 is 13.3 Å². The van der Waals surface area contributed by atoms with Gasteiger partial charge in [0, 0.05) is 19.8 Å². The van der Waals surface area contributed by atoms with Crippen LogP contribution in [0.15, 0.2) is 0 Å². The summed E-state index contributed by atoms with van der Waals surface area (Å²) in [4.78, 5) is 0. The lowest BCUT2D eigenvalue weighted by Crippen LogP contribution is -2.60. The molecule has 0 saturated carbocycles. The van der Waals surface area contributed by atoms with Crippen molar-refractivity contribution in [3.8, 4) is 0 Å². The number of nitrogens with two attached hydrogens (primary N) is 2. The van der Waals surface area contributed by atoms with Crippen molar-refractivity contribution in [3.05, 3.63) is 0 Å². The summed E-state index contributed by atoms with van der Waals surface area (Å²) in [5.74, 6) is 0. The summed E-state index contributed by atoms with van der Waals surface area (Å²) >= 11 is 0. The molecular weight excluding hydrogens is 248 g/mol. The Balaban J connectivity index is 4.39. The van der Waals surface area contributed by atoms with Gasteiger partial charge in [0.15, 0.2) is 0 Å². The van der Waals surface area contributed by atoms with Crippen LogP contribution in [0.25, 0.3) is 0 Å². The Morgan fingerprint density at radius 3 is 1.78 bits per heavy atom. The van der Waals surface area contributed by atoms with Crippen molar-refractivity contribution in [2.75, 3.05) is 26.4 Å². The highest BCUT2D eigenvalue weighted by Gasteiger charge is 2.46. The molecule has 5 nitrogen and oxygen atoms in total. The van der Waals surface area contributed by atoms with Gasteiger partial charge in [-0.25, -0.2) is 0 Å². The van der Waals surface area contributed by atoms with Gasteiger partial charge in [-0.1, -0.05) is 12.8 Å². The number of unbranched alkanes of at least 4 members (excludes halogenated alkanes) is 2. The highest BCUT2D eigenvalue weighted by Crippen LogP contribution is 2.18. The lowest BCUT2D eigenvalue weighted by Gasteiger charge is -2.33. The van der Waals surface area contributed by atoms with Crippen LogP contribution < -0.4 is 11.5 Å². The molecule has 4 N–H and O–H groups in total. The van der Waals surface area contributed by atoms with Gasteiger partial charge < -0.3 is 24.7 Å². The maximum Gasteiger partial charge on any atom is 0.518 e. The van der Waals surface area contributed by atoms with E-state index in [9.17, 15) is 0 Å². The van der Waals surface area contributed by atoms with Gasteiger partial charge >= 0.3 is 8.80 Å². The Bertz CT molecular complexity index is 179. The fraction of sp³-hybridized carbons (Fsp3) is 1.00. The average Bonchev–Trinajstić information content (AvgIpc) is 2.35. The summed E-state index contributed by atoms with van der Waals surface area (Å²) in [6.45, 7) is 8.29. The van der Waals surface area contributed by atoms with Gasteiger partial charge in [-0.15, -0.1) is 0 Å². The summed E-state index contributed by atoms with van der Waals surface area (Å²) in [5, 5.41) is 0. The quantitative estimate of drug-likeness (QED) is 0.417.